The van der Waals surface area contributed by atoms with Gasteiger partial charge in [0.15, 0.2) is 0 Å². The molecule has 0 radical (unpaired) electrons. The van der Waals surface area contributed by atoms with Gasteiger partial charge in [-0.25, -0.2) is 0 Å². The van der Waals surface area contributed by atoms with E-state index in [2.05, 4.69) is 10.0 Å². The molecular weight excluding hydrogens is 314 g/mol. The Balaban J connectivity index is 2.10. The maximum atomic E-state index is 12.2. The number of hydrogen-bond donors (Lipinski definition) is 2. The van der Waals surface area contributed by atoms with Gasteiger partial charge in [0.25, 0.3) is 0 Å². The fourth-order valence-corrected chi connectivity index (χ4v) is 3.45. The first-order valence-electron chi connectivity index (χ1n) is 6.83. The molecule has 1 saturated heterocycles. The number of benzene rings is 1. The van der Waals surface area contributed by atoms with Gasteiger partial charge in [-0.05, 0) is 32.0 Å². The van der Waals surface area contributed by atoms with Crippen LogP contribution in [0, 0.1) is 0 Å². The minimum Gasteiger partial charge on any atom is -0.489 e. The molecule has 118 valence electrons. The van der Waals surface area contributed by atoms with Gasteiger partial charge in [-0.1, -0.05) is 11.6 Å². The molecule has 0 saturated carbocycles. The van der Waals surface area contributed by atoms with E-state index in [4.69, 9.17) is 16.3 Å². The predicted octanol–water partition coefficient (Wildman–Crippen LogP) is 1.69. The third-order valence-electron chi connectivity index (χ3n) is 2.96. The standard InChI is InChI=1S/C13H20ClN3O3S/c1-10(2)20-13-4-3-11(9-12(13)14)16-21(18,19)17-7-5-15-6-8-17/h3-4,9-10,15-16H,5-8H2,1-2H3. The van der Waals surface area contributed by atoms with Crippen molar-refractivity contribution in [3.8, 4) is 5.75 Å². The van der Waals surface area contributed by atoms with Crippen molar-refractivity contribution < 1.29 is 13.2 Å². The van der Waals surface area contributed by atoms with E-state index in [1.807, 2.05) is 13.8 Å². The summed E-state index contributed by atoms with van der Waals surface area (Å²) in [6.07, 6.45) is 0.00546. The van der Waals surface area contributed by atoms with Gasteiger partial charge in [0.1, 0.15) is 5.75 Å². The first kappa shape index (κ1) is 16.4. The normalized spacial score (nSPS) is 17.0. The van der Waals surface area contributed by atoms with Gasteiger partial charge < -0.3 is 10.1 Å². The van der Waals surface area contributed by atoms with Crippen LogP contribution in [0.5, 0.6) is 5.75 Å². The molecule has 0 aliphatic carbocycles. The summed E-state index contributed by atoms with van der Waals surface area (Å²) in [5.41, 5.74) is 0.426. The summed E-state index contributed by atoms with van der Waals surface area (Å²) < 4.78 is 34.0. The number of nitrogens with zero attached hydrogens (tertiary/aromatic N) is 1. The van der Waals surface area contributed by atoms with E-state index in [0.717, 1.165) is 0 Å². The van der Waals surface area contributed by atoms with E-state index in [0.29, 0.717) is 42.6 Å². The van der Waals surface area contributed by atoms with Gasteiger partial charge >= 0.3 is 10.2 Å². The summed E-state index contributed by atoms with van der Waals surface area (Å²) in [5.74, 6) is 0.539. The Morgan fingerprint density at radius 1 is 1.33 bits per heavy atom. The number of rotatable bonds is 5. The molecule has 1 fully saturated rings. The zero-order chi connectivity index (χ0) is 15.5. The van der Waals surface area contributed by atoms with E-state index < -0.39 is 10.2 Å². The number of piperazine rings is 1. The van der Waals surface area contributed by atoms with Crippen LogP contribution in [0.2, 0.25) is 5.02 Å². The van der Waals surface area contributed by atoms with Crippen LogP contribution >= 0.6 is 11.6 Å². The summed E-state index contributed by atoms with van der Waals surface area (Å²) in [4.78, 5) is 0. The van der Waals surface area contributed by atoms with Gasteiger partial charge in [-0.15, -0.1) is 0 Å². The molecule has 21 heavy (non-hydrogen) atoms. The van der Waals surface area contributed by atoms with Gasteiger partial charge in [0.2, 0.25) is 0 Å². The van der Waals surface area contributed by atoms with Crippen molar-refractivity contribution in [2.45, 2.75) is 20.0 Å². The van der Waals surface area contributed by atoms with Crippen molar-refractivity contribution in [1.82, 2.24) is 9.62 Å². The van der Waals surface area contributed by atoms with Crippen LogP contribution in [-0.4, -0.2) is 45.0 Å². The van der Waals surface area contributed by atoms with Gasteiger partial charge in [-0.2, -0.15) is 12.7 Å². The molecule has 6 nitrogen and oxygen atoms in total. The quantitative estimate of drug-likeness (QED) is 0.860. The van der Waals surface area contributed by atoms with E-state index in [-0.39, 0.29) is 6.10 Å². The maximum Gasteiger partial charge on any atom is 0.301 e. The summed E-state index contributed by atoms with van der Waals surface area (Å²) >= 11 is 6.10. The highest BCUT2D eigenvalue weighted by atomic mass is 35.5. The van der Waals surface area contributed by atoms with E-state index in [1.54, 1.807) is 18.2 Å². The Hall–Kier alpha value is -1.02. The van der Waals surface area contributed by atoms with Crippen LogP contribution in [0.4, 0.5) is 5.69 Å². The molecule has 0 unspecified atom stereocenters. The van der Waals surface area contributed by atoms with Gasteiger partial charge in [0, 0.05) is 26.2 Å². The second-order valence-corrected chi connectivity index (χ2v) is 7.15. The molecule has 2 rings (SSSR count). The second-order valence-electron chi connectivity index (χ2n) is 5.07. The second kappa shape index (κ2) is 6.83. The van der Waals surface area contributed by atoms with Crippen LogP contribution in [0.15, 0.2) is 18.2 Å². The first-order valence-corrected chi connectivity index (χ1v) is 8.65. The minimum absolute atomic E-state index is 0.00546. The minimum atomic E-state index is -3.55. The average Bonchev–Trinajstić information content (AvgIpc) is 2.42. The van der Waals surface area contributed by atoms with Crippen molar-refractivity contribution in [2.75, 3.05) is 30.9 Å². The third-order valence-corrected chi connectivity index (χ3v) is 4.79. The molecule has 1 aromatic carbocycles. The van der Waals surface area contributed by atoms with Crippen molar-refractivity contribution in [1.29, 1.82) is 0 Å². The van der Waals surface area contributed by atoms with Gasteiger partial charge in [0.05, 0.1) is 16.8 Å². The highest BCUT2D eigenvalue weighted by Crippen LogP contribution is 2.29. The lowest BCUT2D eigenvalue weighted by Gasteiger charge is -2.27. The van der Waals surface area contributed by atoms with Crippen LogP contribution in [0.25, 0.3) is 0 Å². The smallest absolute Gasteiger partial charge is 0.301 e. The molecule has 8 heteroatoms. The lowest BCUT2D eigenvalue weighted by atomic mass is 10.3. The number of anilines is 1. The molecule has 0 amide bonds. The van der Waals surface area contributed by atoms with Crippen LogP contribution < -0.4 is 14.8 Å². The molecule has 0 aromatic heterocycles. The predicted molar refractivity (Wildman–Crippen MR) is 84.2 cm³/mol. The Morgan fingerprint density at radius 3 is 2.57 bits per heavy atom. The molecule has 1 aromatic rings. The van der Waals surface area contributed by atoms with Crippen molar-refractivity contribution in [3.63, 3.8) is 0 Å². The van der Waals surface area contributed by atoms with Crippen molar-refractivity contribution in [3.05, 3.63) is 23.2 Å². The summed E-state index contributed by atoms with van der Waals surface area (Å²) in [7, 11) is -3.55. The zero-order valence-electron chi connectivity index (χ0n) is 12.1. The van der Waals surface area contributed by atoms with Crippen LogP contribution in [0.3, 0.4) is 0 Å². The number of halogens is 1. The Morgan fingerprint density at radius 2 is 2.00 bits per heavy atom. The highest BCUT2D eigenvalue weighted by molar-refractivity contribution is 7.90. The topological polar surface area (TPSA) is 70.7 Å². The first-order chi connectivity index (χ1) is 9.88. The summed E-state index contributed by atoms with van der Waals surface area (Å²) in [6.45, 7) is 6.02. The Kier molecular flexibility index (Phi) is 5.32. The number of hydrogen-bond acceptors (Lipinski definition) is 4. The van der Waals surface area contributed by atoms with Crippen LogP contribution in [-0.2, 0) is 10.2 Å². The van der Waals surface area contributed by atoms with Crippen LogP contribution in [0.1, 0.15) is 13.8 Å². The average molecular weight is 334 g/mol. The Labute approximate surface area is 130 Å². The van der Waals surface area contributed by atoms with Gasteiger partial charge in [-0.3, -0.25) is 4.72 Å². The fraction of sp³-hybridized carbons (Fsp3) is 0.538. The molecule has 0 bridgehead atoms. The molecule has 1 heterocycles. The largest absolute Gasteiger partial charge is 0.489 e. The Bertz CT molecular complexity index is 586. The van der Waals surface area contributed by atoms with Crippen molar-refractivity contribution in [2.24, 2.45) is 0 Å². The summed E-state index contributed by atoms with van der Waals surface area (Å²) in [5, 5.41) is 3.49. The lowest BCUT2D eigenvalue weighted by Crippen LogP contribution is -2.48. The lowest BCUT2D eigenvalue weighted by molar-refractivity contribution is 0.242. The third kappa shape index (κ3) is 4.47. The molecule has 1 aliphatic rings. The summed E-state index contributed by atoms with van der Waals surface area (Å²) in [6, 6.07) is 4.86. The zero-order valence-corrected chi connectivity index (χ0v) is 13.7. The molecular formula is C13H20ClN3O3S. The van der Waals surface area contributed by atoms with E-state index in [9.17, 15) is 8.42 Å². The molecule has 2 N–H and O–H groups in total. The van der Waals surface area contributed by atoms with Crippen molar-refractivity contribution >= 4 is 27.5 Å². The van der Waals surface area contributed by atoms with E-state index >= 15 is 0 Å². The maximum absolute atomic E-state index is 12.2. The monoisotopic (exact) mass is 333 g/mol. The number of nitrogens with one attached hydrogen (secondary N) is 2. The fourth-order valence-electron chi connectivity index (χ4n) is 2.01. The molecule has 0 spiro atoms. The highest BCUT2D eigenvalue weighted by Gasteiger charge is 2.23. The van der Waals surface area contributed by atoms with E-state index in [1.165, 1.54) is 4.31 Å². The molecule has 0 atom stereocenters. The SMILES string of the molecule is CC(C)Oc1ccc(NS(=O)(=O)N2CCNCC2)cc1Cl. The number of ether oxygens (including phenoxy) is 1. The molecule has 1 aliphatic heterocycles.